The summed E-state index contributed by atoms with van der Waals surface area (Å²) in [4.78, 5) is 40.9. The molecule has 4 rings (SSSR count). The molecule has 0 unspecified atom stereocenters. The molecule has 1 aromatic heterocycles. The fraction of sp³-hybridized carbons (Fsp3) is 0.368. The first-order valence-corrected chi connectivity index (χ1v) is 16.7. The predicted molar refractivity (Wildman–Crippen MR) is 190 cm³/mol. The number of pyridine rings is 1. The Bertz CT molecular complexity index is 1660. The highest BCUT2D eigenvalue weighted by Gasteiger charge is 2.19. The first-order chi connectivity index (χ1) is 23.8. The number of aryl methyl sites for hydroxylation is 1. The number of nitrogens with one attached hydrogen (secondary N) is 3. The van der Waals surface area contributed by atoms with Gasteiger partial charge in [-0.05, 0) is 65.6 Å². The van der Waals surface area contributed by atoms with E-state index in [1.54, 1.807) is 6.20 Å². The number of carbonyl (C=O) groups excluding carboxylic acids is 2. The number of hydrogen-bond donors (Lipinski definition) is 4. The molecule has 3 aromatic carbocycles. The van der Waals surface area contributed by atoms with Gasteiger partial charge in [-0.15, -0.1) is 0 Å². The van der Waals surface area contributed by atoms with Crippen LogP contribution in [0, 0.1) is 6.92 Å². The summed E-state index contributed by atoms with van der Waals surface area (Å²) in [6.07, 6.45) is 3.19. The largest absolute Gasteiger partial charge is 0.491 e. The summed E-state index contributed by atoms with van der Waals surface area (Å²) < 4.78 is 17.1. The average molecular weight is 671 g/mol. The number of benzene rings is 3. The molecular formula is C38H46N4O7. The number of ether oxygens (including phenoxy) is 3. The van der Waals surface area contributed by atoms with Gasteiger partial charge in [0.25, 0.3) is 0 Å². The summed E-state index contributed by atoms with van der Waals surface area (Å²) in [6, 6.07) is 22.4. The van der Waals surface area contributed by atoms with Gasteiger partial charge in [0.2, 0.25) is 11.8 Å². The zero-order valence-electron chi connectivity index (χ0n) is 28.2. The van der Waals surface area contributed by atoms with Crippen molar-refractivity contribution < 1.29 is 33.7 Å². The van der Waals surface area contributed by atoms with E-state index < -0.39 is 17.9 Å². The Hall–Kier alpha value is -5.00. The highest BCUT2D eigenvalue weighted by Crippen LogP contribution is 2.35. The average Bonchev–Trinajstić information content (AvgIpc) is 3.10. The smallest absolute Gasteiger partial charge is 0.305 e. The lowest BCUT2D eigenvalue weighted by Gasteiger charge is -2.19. The fourth-order valence-electron chi connectivity index (χ4n) is 5.26. The fourth-order valence-corrected chi connectivity index (χ4v) is 5.26. The number of carboxylic acids is 1. The number of fused-ring (bicyclic) bond motifs is 1. The Morgan fingerprint density at radius 2 is 1.59 bits per heavy atom. The van der Waals surface area contributed by atoms with Crippen molar-refractivity contribution in [3.8, 4) is 16.9 Å². The van der Waals surface area contributed by atoms with Crippen molar-refractivity contribution in [2.24, 2.45) is 0 Å². The van der Waals surface area contributed by atoms with E-state index in [0.29, 0.717) is 45.0 Å². The van der Waals surface area contributed by atoms with Crippen LogP contribution in [0.5, 0.6) is 5.75 Å². The summed E-state index contributed by atoms with van der Waals surface area (Å²) in [5.74, 6) is -0.281. The molecule has 11 nitrogen and oxygen atoms in total. The van der Waals surface area contributed by atoms with E-state index in [-0.39, 0.29) is 25.3 Å². The number of nitrogens with zero attached hydrogens (tertiary/aromatic N) is 1. The summed E-state index contributed by atoms with van der Waals surface area (Å²) in [5.41, 5.74) is 3.66. The van der Waals surface area contributed by atoms with Gasteiger partial charge in [0.05, 0.1) is 38.8 Å². The van der Waals surface area contributed by atoms with Crippen molar-refractivity contribution in [1.82, 2.24) is 15.6 Å². The second kappa shape index (κ2) is 19.7. The minimum absolute atomic E-state index is 0.233. The third kappa shape index (κ3) is 12.2. The Labute approximate surface area is 287 Å². The SMILES string of the molecule is CCCOCCOCCOc1ccc(-c2ccc([C@@H](CC(=O)O)NC(=O)CNC(=O)CCCNc3cc(C)ccn3)cc2)c2ccccc12. The van der Waals surface area contributed by atoms with Crippen molar-refractivity contribution in [3.05, 3.63) is 90.1 Å². The Balaban J connectivity index is 1.30. The quantitative estimate of drug-likeness (QED) is 0.0823. The number of anilines is 1. The van der Waals surface area contributed by atoms with Crippen LogP contribution in [-0.4, -0.2) is 74.0 Å². The first-order valence-electron chi connectivity index (χ1n) is 16.7. The lowest BCUT2D eigenvalue weighted by Crippen LogP contribution is -2.39. The zero-order chi connectivity index (χ0) is 34.8. The highest BCUT2D eigenvalue weighted by atomic mass is 16.5. The second-order valence-corrected chi connectivity index (χ2v) is 11.6. The molecule has 1 heterocycles. The molecule has 0 aliphatic heterocycles. The maximum Gasteiger partial charge on any atom is 0.305 e. The van der Waals surface area contributed by atoms with Crippen molar-refractivity contribution in [2.45, 2.75) is 45.6 Å². The Kier molecular flexibility index (Phi) is 14.8. The number of aromatic nitrogens is 1. The standard InChI is InChI=1S/C38H46N4O7/c1-3-19-47-20-21-48-22-23-49-34-15-14-30(31-7-4-5-8-32(31)34)28-10-12-29(13-11-28)33(25-38(45)46)42-37(44)26-41-36(43)9-6-17-39-35-24-27(2)16-18-40-35/h4-5,7-8,10-16,18,24,33H,3,6,9,17,19-23,25-26H2,1-2H3,(H,39,40)(H,41,43)(H,42,44)(H,45,46)/t33-/m1/s1. The van der Waals surface area contributed by atoms with Crippen LogP contribution in [0.4, 0.5) is 5.82 Å². The van der Waals surface area contributed by atoms with E-state index in [0.717, 1.165) is 52.1 Å². The van der Waals surface area contributed by atoms with Crippen LogP contribution in [0.3, 0.4) is 0 Å². The lowest BCUT2D eigenvalue weighted by molar-refractivity contribution is -0.138. The van der Waals surface area contributed by atoms with Gasteiger partial charge in [-0.25, -0.2) is 4.98 Å². The van der Waals surface area contributed by atoms with Crippen molar-refractivity contribution in [2.75, 3.05) is 51.4 Å². The van der Waals surface area contributed by atoms with Crippen LogP contribution in [0.15, 0.2) is 79.0 Å². The number of carboxylic acid groups (broad SMARTS) is 1. The van der Waals surface area contributed by atoms with Crippen molar-refractivity contribution >= 4 is 34.4 Å². The third-order valence-corrected chi connectivity index (χ3v) is 7.68. The molecule has 11 heteroatoms. The van der Waals surface area contributed by atoms with Crippen molar-refractivity contribution in [1.29, 1.82) is 0 Å². The van der Waals surface area contributed by atoms with Gasteiger partial charge in [0.1, 0.15) is 18.2 Å². The van der Waals surface area contributed by atoms with Crippen LogP contribution in [-0.2, 0) is 23.9 Å². The van der Waals surface area contributed by atoms with Gasteiger partial charge in [0, 0.05) is 31.2 Å². The first kappa shape index (κ1) is 36.8. The molecule has 0 aliphatic rings. The van der Waals surface area contributed by atoms with E-state index in [1.807, 2.05) is 79.7 Å². The molecule has 0 radical (unpaired) electrons. The van der Waals surface area contributed by atoms with E-state index in [9.17, 15) is 19.5 Å². The predicted octanol–water partition coefficient (Wildman–Crippen LogP) is 5.67. The topological polar surface area (TPSA) is 148 Å². The Morgan fingerprint density at radius 1 is 0.857 bits per heavy atom. The van der Waals surface area contributed by atoms with E-state index in [1.165, 1.54) is 0 Å². The molecule has 260 valence electrons. The van der Waals surface area contributed by atoms with Crippen molar-refractivity contribution in [3.63, 3.8) is 0 Å². The molecule has 0 fully saturated rings. The van der Waals surface area contributed by atoms with Gasteiger partial charge >= 0.3 is 5.97 Å². The van der Waals surface area contributed by atoms with E-state index in [4.69, 9.17) is 14.2 Å². The molecule has 1 atom stereocenters. The van der Waals surface area contributed by atoms with Crippen LogP contribution in [0.25, 0.3) is 21.9 Å². The van der Waals surface area contributed by atoms with Gasteiger partial charge in [-0.1, -0.05) is 61.5 Å². The second-order valence-electron chi connectivity index (χ2n) is 11.6. The number of aliphatic carboxylic acids is 1. The lowest BCUT2D eigenvalue weighted by atomic mass is 9.95. The maximum absolute atomic E-state index is 12.7. The van der Waals surface area contributed by atoms with E-state index >= 15 is 0 Å². The summed E-state index contributed by atoms with van der Waals surface area (Å²) >= 11 is 0. The van der Waals surface area contributed by atoms with E-state index in [2.05, 4.69) is 27.9 Å². The van der Waals surface area contributed by atoms with Crippen LogP contribution in [0.1, 0.15) is 49.8 Å². The molecular weight excluding hydrogens is 624 g/mol. The zero-order valence-corrected chi connectivity index (χ0v) is 28.2. The summed E-state index contributed by atoms with van der Waals surface area (Å²) in [7, 11) is 0. The molecule has 0 saturated carbocycles. The molecule has 4 aromatic rings. The third-order valence-electron chi connectivity index (χ3n) is 7.68. The number of amides is 2. The normalized spacial score (nSPS) is 11.6. The number of hydrogen-bond acceptors (Lipinski definition) is 8. The molecule has 49 heavy (non-hydrogen) atoms. The molecule has 0 bridgehead atoms. The maximum atomic E-state index is 12.7. The van der Waals surface area contributed by atoms with Crippen LogP contribution < -0.4 is 20.7 Å². The van der Waals surface area contributed by atoms with Gasteiger partial charge in [-0.3, -0.25) is 14.4 Å². The molecule has 0 aliphatic carbocycles. The number of rotatable bonds is 21. The summed E-state index contributed by atoms with van der Waals surface area (Å²) in [6.45, 7) is 7.05. The van der Waals surface area contributed by atoms with Crippen LogP contribution in [0.2, 0.25) is 0 Å². The van der Waals surface area contributed by atoms with Gasteiger partial charge < -0.3 is 35.3 Å². The minimum atomic E-state index is -1.05. The highest BCUT2D eigenvalue weighted by molar-refractivity contribution is 6.00. The van der Waals surface area contributed by atoms with Crippen LogP contribution >= 0.6 is 0 Å². The monoisotopic (exact) mass is 670 g/mol. The molecule has 2 amide bonds. The minimum Gasteiger partial charge on any atom is -0.491 e. The Morgan fingerprint density at radius 3 is 2.33 bits per heavy atom. The number of carbonyl (C=O) groups is 3. The molecule has 0 spiro atoms. The summed E-state index contributed by atoms with van der Waals surface area (Å²) in [5, 5.41) is 20.1. The molecule has 0 saturated heterocycles. The van der Waals surface area contributed by atoms with Gasteiger partial charge in [-0.2, -0.15) is 0 Å². The molecule has 4 N–H and O–H groups in total. The van der Waals surface area contributed by atoms with Gasteiger partial charge in [0.15, 0.2) is 0 Å².